The van der Waals surface area contributed by atoms with E-state index in [4.69, 9.17) is 10.00 Å². The third-order valence-electron chi connectivity index (χ3n) is 3.91. The average molecular weight is 351 g/mol. The summed E-state index contributed by atoms with van der Waals surface area (Å²) >= 11 is 0. The smallest absolute Gasteiger partial charge is 0.241 e. The second-order valence-corrected chi connectivity index (χ2v) is 6.04. The van der Waals surface area contributed by atoms with E-state index in [2.05, 4.69) is 6.07 Å². The van der Waals surface area contributed by atoms with Gasteiger partial charge in [-0.15, -0.1) is 0 Å². The highest BCUT2D eigenvalue weighted by molar-refractivity contribution is 5.94. The number of carbonyl (C=O) groups is 1. The molecule has 0 bridgehead atoms. The molecule has 0 heterocycles. The fourth-order valence-corrected chi connectivity index (χ4v) is 2.71. The van der Waals surface area contributed by atoms with Crippen molar-refractivity contribution >= 4 is 11.6 Å². The van der Waals surface area contributed by atoms with E-state index in [1.54, 1.807) is 4.90 Å². The van der Waals surface area contributed by atoms with Crippen LogP contribution >= 0.6 is 0 Å². The molecule has 2 aromatic carbocycles. The molecule has 5 heteroatoms. The van der Waals surface area contributed by atoms with Crippen molar-refractivity contribution in [3.63, 3.8) is 0 Å². The van der Waals surface area contributed by atoms with Crippen LogP contribution in [0.1, 0.15) is 18.9 Å². The van der Waals surface area contributed by atoms with E-state index in [0.717, 1.165) is 17.0 Å². The summed E-state index contributed by atoms with van der Waals surface area (Å²) in [6.07, 6.45) is 0.309. The lowest BCUT2D eigenvalue weighted by Crippen LogP contribution is -2.39. The summed E-state index contributed by atoms with van der Waals surface area (Å²) in [7, 11) is 1.92. The molecule has 0 fully saturated rings. The van der Waals surface area contributed by atoms with Crippen molar-refractivity contribution in [3.05, 3.63) is 60.2 Å². The second kappa shape index (κ2) is 10.2. The van der Waals surface area contributed by atoms with Crippen molar-refractivity contribution in [2.24, 2.45) is 0 Å². The van der Waals surface area contributed by atoms with Crippen LogP contribution in [-0.4, -0.2) is 37.6 Å². The van der Waals surface area contributed by atoms with Gasteiger partial charge in [0.05, 0.1) is 25.6 Å². The largest absolute Gasteiger partial charge is 0.494 e. The minimum absolute atomic E-state index is 0.0140. The number of anilines is 1. The van der Waals surface area contributed by atoms with Crippen molar-refractivity contribution < 1.29 is 9.53 Å². The van der Waals surface area contributed by atoms with E-state index >= 15 is 0 Å². The first-order valence-electron chi connectivity index (χ1n) is 8.76. The molecule has 0 aliphatic carbocycles. The van der Waals surface area contributed by atoms with Gasteiger partial charge in [0.25, 0.3) is 0 Å². The monoisotopic (exact) mass is 351 g/mol. The predicted molar refractivity (Wildman–Crippen MR) is 103 cm³/mol. The van der Waals surface area contributed by atoms with Gasteiger partial charge in [-0.25, -0.2) is 0 Å². The maximum Gasteiger partial charge on any atom is 0.241 e. The van der Waals surface area contributed by atoms with Crippen LogP contribution in [0, 0.1) is 11.3 Å². The number of para-hydroxylation sites is 1. The van der Waals surface area contributed by atoms with Crippen LogP contribution in [0.4, 0.5) is 5.69 Å². The number of hydrogen-bond acceptors (Lipinski definition) is 4. The first-order chi connectivity index (χ1) is 12.6. The Labute approximate surface area is 155 Å². The van der Waals surface area contributed by atoms with Gasteiger partial charge in [-0.3, -0.25) is 9.69 Å². The van der Waals surface area contributed by atoms with Gasteiger partial charge < -0.3 is 9.64 Å². The van der Waals surface area contributed by atoms with Crippen LogP contribution < -0.4 is 9.64 Å². The molecule has 0 unspecified atom stereocenters. The lowest BCUT2D eigenvalue weighted by molar-refractivity contribution is -0.119. The van der Waals surface area contributed by atoms with Crippen LogP contribution in [0.5, 0.6) is 5.75 Å². The number of likely N-dealkylation sites (N-methyl/N-ethyl adjacent to an activating group) is 1. The van der Waals surface area contributed by atoms with E-state index in [1.165, 1.54) is 0 Å². The Kier molecular flexibility index (Phi) is 7.66. The number of rotatable bonds is 9. The predicted octanol–water partition coefficient (Wildman–Crippen LogP) is 3.46. The zero-order valence-corrected chi connectivity index (χ0v) is 15.4. The van der Waals surface area contributed by atoms with Crippen molar-refractivity contribution in [2.75, 3.05) is 31.6 Å². The Hall–Kier alpha value is -2.84. The molecule has 1 amide bonds. The van der Waals surface area contributed by atoms with Crippen molar-refractivity contribution in [2.45, 2.75) is 19.9 Å². The number of amides is 1. The molecule has 0 radical (unpaired) electrons. The Morgan fingerprint density at radius 2 is 1.81 bits per heavy atom. The summed E-state index contributed by atoms with van der Waals surface area (Å²) in [6.45, 7) is 3.95. The quantitative estimate of drug-likeness (QED) is 0.694. The molecule has 2 aromatic rings. The van der Waals surface area contributed by atoms with Gasteiger partial charge in [0.2, 0.25) is 5.91 Å². The fraction of sp³-hybridized carbons (Fsp3) is 0.333. The average Bonchev–Trinajstić information content (AvgIpc) is 2.64. The van der Waals surface area contributed by atoms with Crippen molar-refractivity contribution in [3.8, 4) is 11.8 Å². The third-order valence-corrected chi connectivity index (χ3v) is 3.91. The molecule has 0 N–H and O–H groups in total. The number of hydrogen-bond donors (Lipinski definition) is 0. The Bertz CT molecular complexity index is 723. The fourth-order valence-electron chi connectivity index (χ4n) is 2.71. The Morgan fingerprint density at radius 1 is 1.12 bits per heavy atom. The summed E-state index contributed by atoms with van der Waals surface area (Å²) in [4.78, 5) is 16.4. The van der Waals surface area contributed by atoms with E-state index < -0.39 is 0 Å². The third kappa shape index (κ3) is 5.91. The molecule has 2 rings (SSSR count). The summed E-state index contributed by atoms with van der Waals surface area (Å²) in [5, 5.41) is 8.87. The van der Waals surface area contributed by atoms with Gasteiger partial charge in [-0.05, 0) is 43.8 Å². The molecule has 0 aliphatic heterocycles. The highest BCUT2D eigenvalue weighted by Gasteiger charge is 2.17. The molecule has 0 saturated carbocycles. The zero-order valence-electron chi connectivity index (χ0n) is 15.4. The van der Waals surface area contributed by atoms with Crippen molar-refractivity contribution in [1.82, 2.24) is 4.90 Å². The van der Waals surface area contributed by atoms with Gasteiger partial charge in [0.15, 0.2) is 0 Å². The summed E-state index contributed by atoms with van der Waals surface area (Å²) in [6, 6.07) is 19.5. The maximum absolute atomic E-state index is 12.7. The first-order valence-corrected chi connectivity index (χ1v) is 8.76. The van der Waals surface area contributed by atoms with E-state index in [0.29, 0.717) is 26.1 Å². The standard InChI is InChI=1S/C21H25N3O2/c1-3-26-20-12-10-18(11-13-20)16-23(2)17-21(25)24(15-7-14-22)19-8-5-4-6-9-19/h4-6,8-13H,3,7,15-17H2,1-2H3. The van der Waals surface area contributed by atoms with E-state index in [9.17, 15) is 4.79 Å². The minimum atomic E-state index is -0.0140. The number of nitrogens with zero attached hydrogens (tertiary/aromatic N) is 3. The molecule has 0 atom stereocenters. The van der Waals surface area contributed by atoms with Crippen molar-refractivity contribution in [1.29, 1.82) is 5.26 Å². The lowest BCUT2D eigenvalue weighted by atomic mass is 10.2. The van der Waals surface area contributed by atoms with Crippen LogP contribution in [0.2, 0.25) is 0 Å². The molecular formula is C21H25N3O2. The normalized spacial score (nSPS) is 10.4. The molecule has 136 valence electrons. The van der Waals surface area contributed by atoms with Gasteiger partial charge >= 0.3 is 0 Å². The molecule has 0 spiro atoms. The Balaban J connectivity index is 1.97. The number of nitriles is 1. The number of carbonyl (C=O) groups excluding carboxylic acids is 1. The number of benzene rings is 2. The van der Waals surface area contributed by atoms with E-state index in [1.807, 2.05) is 73.5 Å². The summed E-state index contributed by atoms with van der Waals surface area (Å²) in [5.74, 6) is 0.835. The van der Waals surface area contributed by atoms with Gasteiger partial charge in [0.1, 0.15) is 5.75 Å². The minimum Gasteiger partial charge on any atom is -0.494 e. The Morgan fingerprint density at radius 3 is 2.42 bits per heavy atom. The lowest BCUT2D eigenvalue weighted by Gasteiger charge is -2.25. The second-order valence-electron chi connectivity index (χ2n) is 6.04. The highest BCUT2D eigenvalue weighted by Crippen LogP contribution is 2.16. The van der Waals surface area contributed by atoms with E-state index in [-0.39, 0.29) is 12.5 Å². The van der Waals surface area contributed by atoms with Crippen LogP contribution in [0.3, 0.4) is 0 Å². The molecule has 0 saturated heterocycles. The molecule has 0 aromatic heterocycles. The first kappa shape index (κ1) is 19.5. The van der Waals surface area contributed by atoms with Crippen LogP contribution in [0.25, 0.3) is 0 Å². The van der Waals surface area contributed by atoms with Gasteiger partial charge in [0, 0.05) is 18.8 Å². The SMILES string of the molecule is CCOc1ccc(CN(C)CC(=O)N(CCC#N)c2ccccc2)cc1. The molecule has 26 heavy (non-hydrogen) atoms. The maximum atomic E-state index is 12.7. The molecular weight excluding hydrogens is 326 g/mol. The van der Waals surface area contributed by atoms with Gasteiger partial charge in [-0.1, -0.05) is 30.3 Å². The molecule has 0 aliphatic rings. The molecule has 5 nitrogen and oxygen atoms in total. The van der Waals surface area contributed by atoms with Crippen LogP contribution in [-0.2, 0) is 11.3 Å². The van der Waals surface area contributed by atoms with Gasteiger partial charge in [-0.2, -0.15) is 5.26 Å². The topological polar surface area (TPSA) is 56.6 Å². The summed E-state index contributed by atoms with van der Waals surface area (Å²) < 4.78 is 5.45. The summed E-state index contributed by atoms with van der Waals surface area (Å²) in [5.41, 5.74) is 1.94. The number of ether oxygens (including phenoxy) is 1. The van der Waals surface area contributed by atoms with Crippen LogP contribution in [0.15, 0.2) is 54.6 Å². The highest BCUT2D eigenvalue weighted by atomic mass is 16.5. The zero-order chi connectivity index (χ0) is 18.8.